The van der Waals surface area contributed by atoms with E-state index in [9.17, 15) is 19.7 Å². The molecule has 0 aliphatic rings. The van der Waals surface area contributed by atoms with Crippen molar-refractivity contribution in [3.05, 3.63) is 33.9 Å². The third-order valence-corrected chi connectivity index (χ3v) is 3.48. The van der Waals surface area contributed by atoms with Gasteiger partial charge >= 0.3 is 5.97 Å². The number of nitrogens with one attached hydrogen (secondary N) is 1. The van der Waals surface area contributed by atoms with Gasteiger partial charge in [-0.05, 0) is 12.5 Å². The number of anilines is 1. The Labute approximate surface area is 122 Å². The summed E-state index contributed by atoms with van der Waals surface area (Å²) in [6, 6.07) is 4.44. The molecule has 7 heteroatoms. The van der Waals surface area contributed by atoms with Gasteiger partial charge < -0.3 is 10.4 Å². The van der Waals surface area contributed by atoms with E-state index in [1.54, 1.807) is 19.1 Å². The fourth-order valence-corrected chi connectivity index (χ4v) is 1.81. The summed E-state index contributed by atoms with van der Waals surface area (Å²) in [4.78, 5) is 33.3. The molecule has 1 aromatic rings. The summed E-state index contributed by atoms with van der Waals surface area (Å²) < 4.78 is 0. The number of carbonyl (C=O) groups is 2. The molecule has 0 saturated heterocycles. The Morgan fingerprint density at radius 2 is 1.95 bits per heavy atom. The van der Waals surface area contributed by atoms with Crippen LogP contribution in [-0.4, -0.2) is 21.9 Å². The second-order valence-corrected chi connectivity index (χ2v) is 4.86. The topological polar surface area (TPSA) is 110 Å². The van der Waals surface area contributed by atoms with Crippen LogP contribution in [-0.2, 0) is 16.0 Å². The Kier molecular flexibility index (Phi) is 5.40. The molecule has 1 aromatic carbocycles. The number of aryl methyl sites for hydroxylation is 1. The highest BCUT2D eigenvalue weighted by Gasteiger charge is 2.26. The van der Waals surface area contributed by atoms with Gasteiger partial charge in [0, 0.05) is 23.2 Å². The number of carboxylic acids is 1. The zero-order valence-corrected chi connectivity index (χ0v) is 12.1. The molecule has 0 fully saturated rings. The molecular formula is C14H18N2O5. The van der Waals surface area contributed by atoms with Gasteiger partial charge in [0.25, 0.3) is 5.69 Å². The van der Waals surface area contributed by atoms with Crippen LogP contribution in [0.2, 0.25) is 0 Å². The lowest BCUT2D eigenvalue weighted by molar-refractivity contribution is -0.385. The summed E-state index contributed by atoms with van der Waals surface area (Å²) in [5.74, 6) is -3.13. The van der Waals surface area contributed by atoms with Crippen molar-refractivity contribution in [3.8, 4) is 0 Å². The SMILES string of the molecule is CCc1ccc(NC(=O)C(C)C(C)C(=O)O)cc1[N+](=O)[O-]. The Morgan fingerprint density at radius 1 is 1.33 bits per heavy atom. The molecule has 21 heavy (non-hydrogen) atoms. The van der Waals surface area contributed by atoms with Crippen LogP contribution in [0.5, 0.6) is 0 Å². The fourth-order valence-electron chi connectivity index (χ4n) is 1.81. The van der Waals surface area contributed by atoms with E-state index in [0.29, 0.717) is 12.0 Å². The summed E-state index contributed by atoms with van der Waals surface area (Å²) in [6.07, 6.45) is 0.511. The van der Waals surface area contributed by atoms with E-state index in [-0.39, 0.29) is 11.4 Å². The largest absolute Gasteiger partial charge is 0.481 e. The molecule has 1 amide bonds. The monoisotopic (exact) mass is 294 g/mol. The van der Waals surface area contributed by atoms with Crippen LogP contribution >= 0.6 is 0 Å². The molecule has 0 aromatic heterocycles. The zero-order chi connectivity index (χ0) is 16.2. The van der Waals surface area contributed by atoms with Crippen molar-refractivity contribution in [1.29, 1.82) is 0 Å². The van der Waals surface area contributed by atoms with Crippen LogP contribution in [0.15, 0.2) is 18.2 Å². The minimum Gasteiger partial charge on any atom is -0.481 e. The van der Waals surface area contributed by atoms with E-state index in [0.717, 1.165) is 0 Å². The van der Waals surface area contributed by atoms with Gasteiger partial charge in [0.1, 0.15) is 0 Å². The molecule has 0 bridgehead atoms. The number of carbonyl (C=O) groups excluding carboxylic acids is 1. The van der Waals surface area contributed by atoms with Crippen molar-refractivity contribution in [2.75, 3.05) is 5.32 Å². The Morgan fingerprint density at radius 3 is 2.43 bits per heavy atom. The average Bonchev–Trinajstić information content (AvgIpc) is 2.45. The second-order valence-electron chi connectivity index (χ2n) is 4.86. The van der Waals surface area contributed by atoms with Gasteiger partial charge in [-0.2, -0.15) is 0 Å². The maximum absolute atomic E-state index is 11.9. The third kappa shape index (κ3) is 4.01. The smallest absolute Gasteiger partial charge is 0.307 e. The molecule has 0 aliphatic carbocycles. The summed E-state index contributed by atoms with van der Waals surface area (Å²) >= 11 is 0. The quantitative estimate of drug-likeness (QED) is 0.618. The first-order valence-corrected chi connectivity index (χ1v) is 6.58. The summed E-state index contributed by atoms with van der Waals surface area (Å²) in [5.41, 5.74) is 0.799. The van der Waals surface area contributed by atoms with E-state index in [2.05, 4.69) is 5.32 Å². The first-order valence-electron chi connectivity index (χ1n) is 6.58. The molecule has 0 heterocycles. The number of hydrogen-bond acceptors (Lipinski definition) is 4. The summed E-state index contributed by atoms with van der Waals surface area (Å²) in [6.45, 7) is 4.75. The van der Waals surface area contributed by atoms with Crippen LogP contribution in [0, 0.1) is 22.0 Å². The number of amides is 1. The highest BCUT2D eigenvalue weighted by molar-refractivity contribution is 5.95. The summed E-state index contributed by atoms with van der Waals surface area (Å²) in [7, 11) is 0. The first-order chi connectivity index (χ1) is 9.77. The van der Waals surface area contributed by atoms with Crippen LogP contribution < -0.4 is 5.32 Å². The van der Waals surface area contributed by atoms with Gasteiger partial charge in [-0.1, -0.05) is 26.8 Å². The molecule has 114 valence electrons. The molecule has 2 atom stereocenters. The number of nitro benzene ring substituents is 1. The molecule has 1 rings (SSSR count). The van der Waals surface area contributed by atoms with E-state index < -0.39 is 28.6 Å². The molecular weight excluding hydrogens is 276 g/mol. The van der Waals surface area contributed by atoms with E-state index in [1.165, 1.54) is 19.9 Å². The molecule has 0 spiro atoms. The normalized spacial score (nSPS) is 13.3. The third-order valence-electron chi connectivity index (χ3n) is 3.48. The Balaban J connectivity index is 2.93. The van der Waals surface area contributed by atoms with E-state index in [1.807, 2.05) is 0 Å². The number of benzene rings is 1. The predicted octanol–water partition coefficient (Wildman–Crippen LogP) is 2.45. The highest BCUT2D eigenvalue weighted by Crippen LogP contribution is 2.24. The number of rotatable bonds is 6. The maximum Gasteiger partial charge on any atom is 0.307 e. The number of carboxylic acid groups (broad SMARTS) is 1. The van der Waals surface area contributed by atoms with Crippen molar-refractivity contribution in [3.63, 3.8) is 0 Å². The lowest BCUT2D eigenvalue weighted by Gasteiger charge is -2.16. The van der Waals surface area contributed by atoms with Gasteiger partial charge in [0.2, 0.25) is 5.91 Å². The van der Waals surface area contributed by atoms with E-state index >= 15 is 0 Å². The van der Waals surface area contributed by atoms with Gasteiger partial charge in [-0.3, -0.25) is 19.7 Å². The predicted molar refractivity (Wildman–Crippen MR) is 77.1 cm³/mol. The first kappa shape index (κ1) is 16.6. The number of nitrogens with zero attached hydrogens (tertiary/aromatic N) is 1. The van der Waals surface area contributed by atoms with Gasteiger partial charge in [-0.15, -0.1) is 0 Å². The zero-order valence-electron chi connectivity index (χ0n) is 12.1. The minimum absolute atomic E-state index is 0.0609. The van der Waals surface area contributed by atoms with E-state index in [4.69, 9.17) is 5.11 Å². The van der Waals surface area contributed by atoms with Gasteiger partial charge in [0.05, 0.1) is 10.8 Å². The van der Waals surface area contributed by atoms with Gasteiger partial charge in [0.15, 0.2) is 0 Å². The molecule has 2 N–H and O–H groups in total. The van der Waals surface area contributed by atoms with Crippen LogP contribution in [0.25, 0.3) is 0 Å². The van der Waals surface area contributed by atoms with Crippen molar-refractivity contribution >= 4 is 23.3 Å². The molecule has 0 saturated carbocycles. The Hall–Kier alpha value is -2.44. The van der Waals surface area contributed by atoms with Crippen molar-refractivity contribution in [2.24, 2.45) is 11.8 Å². The highest BCUT2D eigenvalue weighted by atomic mass is 16.6. The lowest BCUT2D eigenvalue weighted by Crippen LogP contribution is -2.30. The second kappa shape index (κ2) is 6.83. The van der Waals surface area contributed by atoms with Gasteiger partial charge in [-0.25, -0.2) is 0 Å². The van der Waals surface area contributed by atoms with Crippen molar-refractivity contribution < 1.29 is 19.6 Å². The molecule has 7 nitrogen and oxygen atoms in total. The minimum atomic E-state index is -1.06. The van der Waals surface area contributed by atoms with Crippen molar-refractivity contribution in [2.45, 2.75) is 27.2 Å². The van der Waals surface area contributed by atoms with Crippen molar-refractivity contribution in [1.82, 2.24) is 0 Å². The molecule has 0 radical (unpaired) electrons. The van der Waals surface area contributed by atoms with Crippen LogP contribution in [0.4, 0.5) is 11.4 Å². The lowest BCUT2D eigenvalue weighted by atomic mass is 9.95. The van der Waals surface area contributed by atoms with Crippen LogP contribution in [0.1, 0.15) is 26.3 Å². The fraction of sp³-hybridized carbons (Fsp3) is 0.429. The average molecular weight is 294 g/mol. The molecule has 2 unspecified atom stereocenters. The number of nitro groups is 1. The van der Waals surface area contributed by atoms with Crippen LogP contribution in [0.3, 0.4) is 0 Å². The summed E-state index contributed by atoms with van der Waals surface area (Å²) in [5, 5.41) is 22.4. The molecule has 0 aliphatic heterocycles. The number of aliphatic carboxylic acids is 1. The number of hydrogen-bond donors (Lipinski definition) is 2. The standard InChI is InChI=1S/C14H18N2O5/c1-4-10-5-6-11(7-12(10)16(20)21)15-13(17)8(2)9(3)14(18)19/h5-9H,4H2,1-3H3,(H,15,17)(H,18,19). The maximum atomic E-state index is 11.9. The Bertz CT molecular complexity index is 570.